The van der Waals surface area contributed by atoms with Gasteiger partial charge in [-0.3, -0.25) is 9.89 Å². The number of amides is 1. The van der Waals surface area contributed by atoms with E-state index in [0.717, 1.165) is 22.6 Å². The Bertz CT molecular complexity index is 630. The van der Waals surface area contributed by atoms with E-state index < -0.39 is 0 Å². The van der Waals surface area contributed by atoms with Gasteiger partial charge in [-0.1, -0.05) is 6.07 Å². The van der Waals surface area contributed by atoms with Crippen LogP contribution in [0.4, 0.5) is 5.69 Å². The summed E-state index contributed by atoms with van der Waals surface area (Å²) in [6, 6.07) is 5.39. The zero-order chi connectivity index (χ0) is 15.4. The largest absolute Gasteiger partial charge is 0.497 e. The minimum Gasteiger partial charge on any atom is -0.497 e. The first-order chi connectivity index (χ1) is 10.0. The van der Waals surface area contributed by atoms with Crippen molar-refractivity contribution in [1.29, 1.82) is 0 Å². The highest BCUT2D eigenvalue weighted by Gasteiger charge is 2.13. The molecule has 1 aromatic carbocycles. The molecule has 0 fully saturated rings. The molecule has 0 saturated carbocycles. The van der Waals surface area contributed by atoms with E-state index in [1.165, 1.54) is 0 Å². The second-order valence-corrected chi connectivity index (χ2v) is 4.71. The molecular formula is C15H19N3O3. The van der Waals surface area contributed by atoms with Gasteiger partial charge in [-0.25, -0.2) is 0 Å². The van der Waals surface area contributed by atoms with Crippen molar-refractivity contribution >= 4 is 11.6 Å². The van der Waals surface area contributed by atoms with Gasteiger partial charge in [-0.2, -0.15) is 5.10 Å². The van der Waals surface area contributed by atoms with Crippen LogP contribution in [0.15, 0.2) is 18.2 Å². The van der Waals surface area contributed by atoms with E-state index in [-0.39, 0.29) is 12.3 Å². The molecule has 6 nitrogen and oxygen atoms in total. The number of carbonyl (C=O) groups is 1. The number of rotatable bonds is 5. The predicted octanol–water partition coefficient (Wildman–Crippen LogP) is 2.22. The lowest BCUT2D eigenvalue weighted by Gasteiger charge is -2.10. The van der Waals surface area contributed by atoms with Crippen LogP contribution in [0.5, 0.6) is 11.5 Å². The fourth-order valence-electron chi connectivity index (χ4n) is 2.09. The average molecular weight is 289 g/mol. The standard InChI is InChI=1S/C15H19N3O3/c1-9-15(10(2)18-17-9)16-14(19)7-11-5-6-12(20-3)8-13(11)21-4/h5-6,8H,7H2,1-4H3,(H,16,19)(H,17,18). The Morgan fingerprint density at radius 2 is 2.05 bits per heavy atom. The molecule has 6 heteroatoms. The third-order valence-electron chi connectivity index (χ3n) is 3.24. The average Bonchev–Trinajstić information content (AvgIpc) is 2.79. The number of aryl methyl sites for hydroxylation is 2. The van der Waals surface area contributed by atoms with Crippen molar-refractivity contribution in [3.05, 3.63) is 35.2 Å². The van der Waals surface area contributed by atoms with Crippen molar-refractivity contribution in [3.8, 4) is 11.5 Å². The van der Waals surface area contributed by atoms with Gasteiger partial charge in [0, 0.05) is 11.6 Å². The van der Waals surface area contributed by atoms with E-state index in [1.807, 2.05) is 19.9 Å². The van der Waals surface area contributed by atoms with Crippen molar-refractivity contribution in [1.82, 2.24) is 10.2 Å². The number of aromatic amines is 1. The molecule has 2 rings (SSSR count). The van der Waals surface area contributed by atoms with Crippen molar-refractivity contribution in [2.45, 2.75) is 20.3 Å². The number of anilines is 1. The molecule has 1 amide bonds. The van der Waals surface area contributed by atoms with Gasteiger partial charge in [-0.05, 0) is 19.9 Å². The molecule has 0 unspecified atom stereocenters. The van der Waals surface area contributed by atoms with E-state index in [4.69, 9.17) is 9.47 Å². The molecule has 21 heavy (non-hydrogen) atoms. The summed E-state index contributed by atoms with van der Waals surface area (Å²) in [6.07, 6.45) is 0.219. The van der Waals surface area contributed by atoms with Gasteiger partial charge in [0.25, 0.3) is 0 Å². The van der Waals surface area contributed by atoms with Crippen LogP contribution < -0.4 is 14.8 Å². The molecule has 1 heterocycles. The lowest BCUT2D eigenvalue weighted by Crippen LogP contribution is -2.15. The molecule has 112 valence electrons. The van der Waals surface area contributed by atoms with E-state index >= 15 is 0 Å². The molecule has 0 atom stereocenters. The van der Waals surface area contributed by atoms with E-state index in [0.29, 0.717) is 11.5 Å². The van der Waals surface area contributed by atoms with Gasteiger partial charge in [0.15, 0.2) is 0 Å². The van der Waals surface area contributed by atoms with Gasteiger partial charge in [0.2, 0.25) is 5.91 Å². The lowest BCUT2D eigenvalue weighted by atomic mass is 10.1. The molecule has 2 aromatic rings. The van der Waals surface area contributed by atoms with Crippen LogP contribution in [0.3, 0.4) is 0 Å². The SMILES string of the molecule is COc1ccc(CC(=O)Nc2c(C)n[nH]c2C)c(OC)c1. The number of hydrogen-bond acceptors (Lipinski definition) is 4. The van der Waals surface area contributed by atoms with Gasteiger partial charge < -0.3 is 14.8 Å². The molecule has 0 aliphatic rings. The maximum atomic E-state index is 12.2. The molecule has 0 bridgehead atoms. The summed E-state index contributed by atoms with van der Waals surface area (Å²) in [6.45, 7) is 3.71. The maximum Gasteiger partial charge on any atom is 0.229 e. The van der Waals surface area contributed by atoms with Crippen molar-refractivity contribution < 1.29 is 14.3 Å². The Balaban J connectivity index is 2.13. The third kappa shape index (κ3) is 3.34. The van der Waals surface area contributed by atoms with E-state index in [9.17, 15) is 4.79 Å². The van der Waals surface area contributed by atoms with Gasteiger partial charge in [-0.15, -0.1) is 0 Å². The van der Waals surface area contributed by atoms with E-state index in [1.54, 1.807) is 26.4 Å². The fraction of sp³-hybridized carbons (Fsp3) is 0.333. The number of benzene rings is 1. The predicted molar refractivity (Wildman–Crippen MR) is 79.9 cm³/mol. The van der Waals surface area contributed by atoms with Crippen molar-refractivity contribution in [3.63, 3.8) is 0 Å². The molecular weight excluding hydrogens is 270 g/mol. The Kier molecular flexibility index (Phi) is 4.47. The van der Waals surface area contributed by atoms with Crippen LogP contribution in [0, 0.1) is 13.8 Å². The summed E-state index contributed by atoms with van der Waals surface area (Å²) < 4.78 is 10.4. The summed E-state index contributed by atoms with van der Waals surface area (Å²) in [5.41, 5.74) is 3.13. The monoisotopic (exact) mass is 289 g/mol. The number of methoxy groups -OCH3 is 2. The molecule has 0 saturated heterocycles. The Labute approximate surface area is 123 Å². The van der Waals surface area contributed by atoms with Crippen LogP contribution in [0.25, 0.3) is 0 Å². The van der Waals surface area contributed by atoms with Crippen LogP contribution in [0.2, 0.25) is 0 Å². The normalized spacial score (nSPS) is 10.3. The zero-order valence-corrected chi connectivity index (χ0v) is 12.6. The Morgan fingerprint density at radius 1 is 1.29 bits per heavy atom. The van der Waals surface area contributed by atoms with Crippen LogP contribution in [0.1, 0.15) is 17.0 Å². The van der Waals surface area contributed by atoms with Crippen LogP contribution in [-0.2, 0) is 11.2 Å². The second kappa shape index (κ2) is 6.30. The number of nitrogens with zero attached hydrogens (tertiary/aromatic N) is 1. The van der Waals surface area contributed by atoms with Gasteiger partial charge in [0.05, 0.1) is 37.7 Å². The van der Waals surface area contributed by atoms with E-state index in [2.05, 4.69) is 15.5 Å². The molecule has 2 N–H and O–H groups in total. The molecule has 0 aliphatic heterocycles. The first kappa shape index (κ1) is 14.9. The smallest absolute Gasteiger partial charge is 0.229 e. The lowest BCUT2D eigenvalue weighted by molar-refractivity contribution is -0.115. The van der Waals surface area contributed by atoms with Crippen LogP contribution in [-0.4, -0.2) is 30.3 Å². The number of hydrogen-bond donors (Lipinski definition) is 2. The summed E-state index contributed by atoms with van der Waals surface area (Å²) in [7, 11) is 3.16. The highest BCUT2D eigenvalue weighted by Crippen LogP contribution is 2.25. The zero-order valence-electron chi connectivity index (χ0n) is 12.6. The summed E-state index contributed by atoms with van der Waals surface area (Å²) in [5.74, 6) is 1.20. The fourth-order valence-corrected chi connectivity index (χ4v) is 2.09. The number of carbonyl (C=O) groups excluding carboxylic acids is 1. The minimum absolute atomic E-state index is 0.119. The Hall–Kier alpha value is -2.50. The second-order valence-electron chi connectivity index (χ2n) is 4.71. The number of H-pyrrole nitrogens is 1. The summed E-state index contributed by atoms with van der Waals surface area (Å²) in [4.78, 5) is 12.2. The minimum atomic E-state index is -0.119. The maximum absolute atomic E-state index is 12.2. The third-order valence-corrected chi connectivity index (χ3v) is 3.24. The topological polar surface area (TPSA) is 76.2 Å². The quantitative estimate of drug-likeness (QED) is 0.885. The van der Waals surface area contributed by atoms with Crippen molar-refractivity contribution in [2.75, 3.05) is 19.5 Å². The number of nitrogens with one attached hydrogen (secondary N) is 2. The molecule has 0 spiro atoms. The first-order valence-corrected chi connectivity index (χ1v) is 6.57. The number of aromatic nitrogens is 2. The van der Waals surface area contributed by atoms with Crippen molar-refractivity contribution in [2.24, 2.45) is 0 Å². The summed E-state index contributed by atoms with van der Waals surface area (Å²) in [5, 5.41) is 9.76. The highest BCUT2D eigenvalue weighted by molar-refractivity contribution is 5.93. The molecule has 1 aromatic heterocycles. The summed E-state index contributed by atoms with van der Waals surface area (Å²) >= 11 is 0. The molecule has 0 radical (unpaired) electrons. The number of ether oxygens (including phenoxy) is 2. The molecule has 0 aliphatic carbocycles. The Morgan fingerprint density at radius 3 is 2.62 bits per heavy atom. The highest BCUT2D eigenvalue weighted by atomic mass is 16.5. The van der Waals surface area contributed by atoms with Gasteiger partial charge >= 0.3 is 0 Å². The van der Waals surface area contributed by atoms with Gasteiger partial charge in [0.1, 0.15) is 11.5 Å². The van der Waals surface area contributed by atoms with Crippen LogP contribution >= 0.6 is 0 Å². The first-order valence-electron chi connectivity index (χ1n) is 6.57.